The molecular weight excluding hydrogens is 352 g/mol. The van der Waals surface area contributed by atoms with E-state index >= 15 is 0 Å². The number of benzene rings is 1. The minimum Gasteiger partial charge on any atom is -0.479 e. The van der Waals surface area contributed by atoms with Gasteiger partial charge in [-0.1, -0.05) is 83.8 Å². The molecule has 0 bridgehead atoms. The minimum atomic E-state index is -0.943. The molecule has 1 aromatic carbocycles. The van der Waals surface area contributed by atoms with Gasteiger partial charge in [0.05, 0.1) is 0 Å². The molecule has 28 heavy (non-hydrogen) atoms. The first-order chi connectivity index (χ1) is 13.6. The van der Waals surface area contributed by atoms with Crippen molar-refractivity contribution in [2.45, 2.75) is 103 Å². The Balaban J connectivity index is 2.48. The van der Waals surface area contributed by atoms with E-state index in [1.165, 1.54) is 38.5 Å². The average molecular weight is 391 g/mol. The molecule has 0 amide bonds. The lowest BCUT2D eigenvalue weighted by Crippen LogP contribution is -2.27. The van der Waals surface area contributed by atoms with Crippen LogP contribution in [0.4, 0.5) is 0 Å². The van der Waals surface area contributed by atoms with E-state index in [9.17, 15) is 14.7 Å². The number of ketones is 1. The van der Waals surface area contributed by atoms with Crippen LogP contribution in [0.15, 0.2) is 24.3 Å². The van der Waals surface area contributed by atoms with E-state index in [1.54, 1.807) is 24.3 Å². The summed E-state index contributed by atoms with van der Waals surface area (Å²) in [7, 11) is 0. The highest BCUT2D eigenvalue weighted by Gasteiger charge is 2.19. The Hall–Kier alpha value is -1.84. The smallest absolute Gasteiger partial charge is 0.344 e. The summed E-state index contributed by atoms with van der Waals surface area (Å²) in [5.74, 6) is -0.374. The molecule has 0 saturated heterocycles. The van der Waals surface area contributed by atoms with Gasteiger partial charge in [0.2, 0.25) is 0 Å². The molecule has 0 aliphatic heterocycles. The number of aliphatic carboxylic acids is 1. The molecule has 0 fully saturated rings. The van der Waals surface area contributed by atoms with Crippen molar-refractivity contribution < 1.29 is 19.4 Å². The molecule has 1 atom stereocenters. The molecule has 0 aliphatic rings. The molecule has 1 unspecified atom stereocenters. The maximum Gasteiger partial charge on any atom is 0.344 e. The minimum absolute atomic E-state index is 0.102. The van der Waals surface area contributed by atoms with Crippen LogP contribution in [0.3, 0.4) is 0 Å². The van der Waals surface area contributed by atoms with Crippen molar-refractivity contribution in [1.29, 1.82) is 0 Å². The molecule has 158 valence electrons. The summed E-state index contributed by atoms with van der Waals surface area (Å²) in [6.07, 6.45) is 12.4. The Morgan fingerprint density at radius 2 is 1.50 bits per heavy atom. The number of carboxylic acids is 1. The van der Waals surface area contributed by atoms with Crippen LogP contribution >= 0.6 is 0 Å². The Labute approximate surface area is 170 Å². The predicted octanol–water partition coefficient (Wildman–Crippen LogP) is 6.81. The number of carbonyl (C=O) groups is 2. The molecule has 0 aromatic heterocycles. The molecule has 1 aromatic rings. The van der Waals surface area contributed by atoms with Crippen LogP contribution in [0.25, 0.3) is 0 Å². The summed E-state index contributed by atoms with van der Waals surface area (Å²) < 4.78 is 5.70. The second-order valence-corrected chi connectivity index (χ2v) is 7.62. The second kappa shape index (κ2) is 15.1. The lowest BCUT2D eigenvalue weighted by Gasteiger charge is -2.15. The summed E-state index contributed by atoms with van der Waals surface area (Å²) in [6.45, 7) is 4.35. The van der Waals surface area contributed by atoms with E-state index < -0.39 is 12.1 Å². The van der Waals surface area contributed by atoms with E-state index in [1.807, 2.05) is 0 Å². The van der Waals surface area contributed by atoms with Gasteiger partial charge in [0.1, 0.15) is 5.75 Å². The SMILES string of the molecule is CCCCCCCCC(Oc1cccc(C(=O)CCCCCCC)c1)C(=O)O. The highest BCUT2D eigenvalue weighted by Crippen LogP contribution is 2.20. The molecule has 4 heteroatoms. The number of ether oxygens (including phenoxy) is 1. The number of unbranched alkanes of at least 4 members (excludes halogenated alkanes) is 9. The van der Waals surface area contributed by atoms with E-state index in [-0.39, 0.29) is 5.78 Å². The van der Waals surface area contributed by atoms with Gasteiger partial charge in [-0.25, -0.2) is 4.79 Å². The number of hydrogen-bond acceptors (Lipinski definition) is 3. The quantitative estimate of drug-likeness (QED) is 0.234. The van der Waals surface area contributed by atoms with Crippen LogP contribution in [-0.2, 0) is 4.79 Å². The second-order valence-electron chi connectivity index (χ2n) is 7.62. The van der Waals surface area contributed by atoms with Crippen molar-refractivity contribution >= 4 is 11.8 Å². The van der Waals surface area contributed by atoms with Crippen LogP contribution in [0.1, 0.15) is 108 Å². The highest BCUT2D eigenvalue weighted by molar-refractivity contribution is 5.96. The van der Waals surface area contributed by atoms with Gasteiger partial charge in [0, 0.05) is 12.0 Å². The van der Waals surface area contributed by atoms with Crippen LogP contribution in [0, 0.1) is 0 Å². The van der Waals surface area contributed by atoms with Gasteiger partial charge < -0.3 is 9.84 Å². The molecule has 0 saturated carbocycles. The van der Waals surface area contributed by atoms with Gasteiger partial charge >= 0.3 is 5.97 Å². The number of carboxylic acid groups (broad SMARTS) is 1. The first-order valence-electron chi connectivity index (χ1n) is 11.1. The van der Waals surface area contributed by atoms with Crippen LogP contribution in [0.5, 0.6) is 5.75 Å². The Morgan fingerprint density at radius 3 is 2.14 bits per heavy atom. The van der Waals surface area contributed by atoms with Crippen molar-refractivity contribution in [3.8, 4) is 5.75 Å². The van der Waals surface area contributed by atoms with Crippen LogP contribution in [-0.4, -0.2) is 23.0 Å². The normalized spacial score (nSPS) is 11.9. The molecule has 0 spiro atoms. The maximum atomic E-state index is 12.4. The molecule has 0 heterocycles. The van der Waals surface area contributed by atoms with Gasteiger partial charge in [0.25, 0.3) is 0 Å². The van der Waals surface area contributed by atoms with Gasteiger partial charge in [-0.05, 0) is 31.4 Å². The van der Waals surface area contributed by atoms with Crippen LogP contribution in [0.2, 0.25) is 0 Å². The predicted molar refractivity (Wildman–Crippen MR) is 114 cm³/mol. The number of Topliss-reactive ketones (excluding diaryl/α,β-unsaturated/α-hetero) is 1. The number of rotatable bonds is 17. The first kappa shape index (κ1) is 24.2. The van der Waals surface area contributed by atoms with Gasteiger partial charge in [-0.15, -0.1) is 0 Å². The third-order valence-electron chi connectivity index (χ3n) is 5.04. The van der Waals surface area contributed by atoms with Gasteiger partial charge in [-0.3, -0.25) is 4.79 Å². The topological polar surface area (TPSA) is 63.6 Å². The fraction of sp³-hybridized carbons (Fsp3) is 0.667. The van der Waals surface area contributed by atoms with Gasteiger partial charge in [0.15, 0.2) is 11.9 Å². The van der Waals surface area contributed by atoms with Crippen molar-refractivity contribution in [2.24, 2.45) is 0 Å². The Bertz CT molecular complexity index is 567. The maximum absolute atomic E-state index is 12.4. The summed E-state index contributed by atoms with van der Waals surface area (Å²) in [5, 5.41) is 9.45. The standard InChI is InChI=1S/C24H38O4/c1-3-5-7-9-11-13-18-23(24(26)27)28-21-16-14-15-20(19-21)22(25)17-12-10-8-6-4-2/h14-16,19,23H,3-13,17-18H2,1-2H3,(H,26,27). The summed E-state index contributed by atoms with van der Waals surface area (Å²) in [4.78, 5) is 23.9. The first-order valence-corrected chi connectivity index (χ1v) is 11.1. The zero-order valence-electron chi connectivity index (χ0n) is 17.8. The third kappa shape index (κ3) is 10.5. The lowest BCUT2D eigenvalue weighted by atomic mass is 10.0. The lowest BCUT2D eigenvalue weighted by molar-refractivity contribution is -0.145. The third-order valence-corrected chi connectivity index (χ3v) is 5.04. The summed E-state index contributed by atoms with van der Waals surface area (Å²) >= 11 is 0. The van der Waals surface area contributed by atoms with E-state index in [0.29, 0.717) is 24.2 Å². The molecule has 0 aliphatic carbocycles. The van der Waals surface area contributed by atoms with E-state index in [4.69, 9.17) is 4.74 Å². The van der Waals surface area contributed by atoms with Crippen molar-refractivity contribution in [2.75, 3.05) is 0 Å². The molecular formula is C24H38O4. The molecule has 4 nitrogen and oxygen atoms in total. The fourth-order valence-electron chi connectivity index (χ4n) is 3.28. The van der Waals surface area contributed by atoms with E-state index in [0.717, 1.165) is 32.1 Å². The van der Waals surface area contributed by atoms with Crippen molar-refractivity contribution in [3.63, 3.8) is 0 Å². The average Bonchev–Trinajstić information content (AvgIpc) is 2.69. The summed E-state index contributed by atoms with van der Waals surface area (Å²) in [6, 6.07) is 6.97. The van der Waals surface area contributed by atoms with Crippen molar-refractivity contribution in [1.82, 2.24) is 0 Å². The molecule has 0 radical (unpaired) electrons. The Morgan fingerprint density at radius 1 is 0.893 bits per heavy atom. The monoisotopic (exact) mass is 390 g/mol. The Kier molecular flexibility index (Phi) is 13.1. The highest BCUT2D eigenvalue weighted by atomic mass is 16.5. The molecule has 1 N–H and O–H groups in total. The largest absolute Gasteiger partial charge is 0.479 e. The number of hydrogen-bond donors (Lipinski definition) is 1. The fourth-order valence-corrected chi connectivity index (χ4v) is 3.28. The zero-order valence-corrected chi connectivity index (χ0v) is 17.8. The number of carbonyl (C=O) groups excluding carboxylic acids is 1. The zero-order chi connectivity index (χ0) is 20.6. The van der Waals surface area contributed by atoms with Gasteiger partial charge in [-0.2, -0.15) is 0 Å². The van der Waals surface area contributed by atoms with Crippen molar-refractivity contribution in [3.05, 3.63) is 29.8 Å². The van der Waals surface area contributed by atoms with E-state index in [2.05, 4.69) is 13.8 Å². The van der Waals surface area contributed by atoms with Crippen LogP contribution < -0.4 is 4.74 Å². The summed E-state index contributed by atoms with van der Waals surface area (Å²) in [5.41, 5.74) is 0.608. The molecule has 1 rings (SSSR count).